The smallest absolute Gasteiger partial charge is 0.407 e. The molecular formula is C18H19N5O6S2. The van der Waals surface area contributed by atoms with Gasteiger partial charge in [0.05, 0.1) is 27.4 Å². The quantitative estimate of drug-likeness (QED) is 0.559. The van der Waals surface area contributed by atoms with Gasteiger partial charge < -0.3 is 10.0 Å². The number of aromatic nitrogens is 4. The van der Waals surface area contributed by atoms with E-state index >= 15 is 0 Å². The Labute approximate surface area is 178 Å². The highest BCUT2D eigenvalue weighted by molar-refractivity contribution is 7.92. The van der Waals surface area contributed by atoms with Gasteiger partial charge in [0.2, 0.25) is 0 Å². The highest BCUT2D eigenvalue weighted by Crippen LogP contribution is 2.28. The van der Waals surface area contributed by atoms with Crippen molar-refractivity contribution in [3.05, 3.63) is 36.8 Å². The molecule has 0 bridgehead atoms. The minimum Gasteiger partial charge on any atom is -0.465 e. The molecule has 1 amide bonds. The average molecular weight is 466 g/mol. The van der Waals surface area contributed by atoms with Gasteiger partial charge in [-0.3, -0.25) is 0 Å². The molecule has 13 heteroatoms. The predicted molar refractivity (Wildman–Crippen MR) is 110 cm³/mol. The second kappa shape index (κ2) is 7.57. The zero-order chi connectivity index (χ0) is 22.4. The number of fused-ring (bicyclic) bond motifs is 1. The zero-order valence-electron chi connectivity index (χ0n) is 16.4. The number of carbonyl (C=O) groups is 1. The SMILES string of the molecule is CS(=O)(=O)c1ccc(-n2ncc3c(S(=O)(=O)C4CCN(C(=O)O)CC4)ncnc32)cc1. The lowest BCUT2D eigenvalue weighted by molar-refractivity contribution is 0.136. The van der Waals surface area contributed by atoms with E-state index in [1.807, 2.05) is 0 Å². The molecule has 4 rings (SSSR count). The maximum Gasteiger partial charge on any atom is 0.407 e. The van der Waals surface area contributed by atoms with Crippen molar-refractivity contribution in [2.45, 2.75) is 28.0 Å². The van der Waals surface area contributed by atoms with Gasteiger partial charge >= 0.3 is 6.09 Å². The maximum atomic E-state index is 13.2. The van der Waals surface area contributed by atoms with E-state index in [2.05, 4.69) is 15.1 Å². The monoisotopic (exact) mass is 465 g/mol. The summed E-state index contributed by atoms with van der Waals surface area (Å²) in [4.78, 5) is 20.6. The summed E-state index contributed by atoms with van der Waals surface area (Å²) in [5.41, 5.74) is 0.780. The number of rotatable bonds is 4. The summed E-state index contributed by atoms with van der Waals surface area (Å²) in [6.07, 6.45) is 2.91. The van der Waals surface area contributed by atoms with Gasteiger partial charge in [-0.15, -0.1) is 0 Å². The Hall–Kier alpha value is -3.06. The Morgan fingerprint density at radius 1 is 1.06 bits per heavy atom. The summed E-state index contributed by atoms with van der Waals surface area (Å²) in [5, 5.41) is 12.6. The van der Waals surface area contributed by atoms with Crippen LogP contribution in [0.3, 0.4) is 0 Å². The molecule has 1 saturated heterocycles. The number of carboxylic acid groups (broad SMARTS) is 1. The Bertz CT molecular complexity index is 1360. The topological polar surface area (TPSA) is 152 Å². The van der Waals surface area contributed by atoms with Crippen LogP contribution in [-0.4, -0.2) is 77.3 Å². The number of hydrogen-bond acceptors (Lipinski definition) is 8. The normalized spacial score (nSPS) is 16.0. The van der Waals surface area contributed by atoms with E-state index in [0.29, 0.717) is 5.69 Å². The second-order valence-corrected chi connectivity index (χ2v) is 11.4. The van der Waals surface area contributed by atoms with Gasteiger partial charge in [0.1, 0.15) is 6.33 Å². The average Bonchev–Trinajstić information content (AvgIpc) is 3.17. The van der Waals surface area contributed by atoms with E-state index < -0.39 is 31.0 Å². The van der Waals surface area contributed by atoms with Gasteiger partial charge in [-0.05, 0) is 37.1 Å². The van der Waals surface area contributed by atoms with Crippen molar-refractivity contribution >= 4 is 36.8 Å². The molecule has 1 aliphatic heterocycles. The molecule has 2 aromatic heterocycles. The van der Waals surface area contributed by atoms with Gasteiger partial charge in [-0.2, -0.15) is 5.10 Å². The molecule has 0 spiro atoms. The molecule has 0 radical (unpaired) electrons. The lowest BCUT2D eigenvalue weighted by Gasteiger charge is -2.29. The first-order chi connectivity index (χ1) is 14.6. The molecule has 164 valence electrons. The molecule has 0 atom stereocenters. The first kappa shape index (κ1) is 21.2. The Balaban J connectivity index is 1.70. The first-order valence-corrected chi connectivity index (χ1v) is 12.7. The molecule has 1 fully saturated rings. The molecular weight excluding hydrogens is 446 g/mol. The molecule has 3 heterocycles. The molecule has 3 aromatic rings. The molecule has 0 aliphatic carbocycles. The number of amides is 1. The van der Waals surface area contributed by atoms with E-state index in [9.17, 15) is 21.6 Å². The van der Waals surface area contributed by atoms with Crippen molar-refractivity contribution in [3.63, 3.8) is 0 Å². The summed E-state index contributed by atoms with van der Waals surface area (Å²) < 4.78 is 51.2. The lowest BCUT2D eigenvalue weighted by Crippen LogP contribution is -2.42. The van der Waals surface area contributed by atoms with Gasteiger partial charge in [-0.25, -0.2) is 36.3 Å². The fourth-order valence-corrected chi connectivity index (χ4v) is 6.01. The number of benzene rings is 1. The number of likely N-dealkylation sites (tertiary alicyclic amines) is 1. The Kier molecular flexibility index (Phi) is 5.17. The third kappa shape index (κ3) is 3.85. The Morgan fingerprint density at radius 3 is 2.29 bits per heavy atom. The summed E-state index contributed by atoms with van der Waals surface area (Å²) in [6.45, 7) is 0.277. The summed E-state index contributed by atoms with van der Waals surface area (Å²) in [6, 6.07) is 5.99. The first-order valence-electron chi connectivity index (χ1n) is 9.30. The number of nitrogens with zero attached hydrogens (tertiary/aromatic N) is 5. The molecule has 1 aliphatic rings. The highest BCUT2D eigenvalue weighted by atomic mass is 32.2. The highest BCUT2D eigenvalue weighted by Gasteiger charge is 2.35. The molecule has 0 saturated carbocycles. The van der Waals surface area contributed by atoms with E-state index in [1.165, 1.54) is 27.9 Å². The van der Waals surface area contributed by atoms with Crippen LogP contribution in [0, 0.1) is 0 Å². The molecule has 31 heavy (non-hydrogen) atoms. The van der Waals surface area contributed by atoms with Crippen LogP contribution in [0.4, 0.5) is 4.79 Å². The van der Waals surface area contributed by atoms with Crippen molar-refractivity contribution in [3.8, 4) is 5.69 Å². The third-order valence-corrected chi connectivity index (χ3v) is 8.60. The molecule has 0 unspecified atom stereocenters. The predicted octanol–water partition coefficient (Wildman–Crippen LogP) is 1.14. The zero-order valence-corrected chi connectivity index (χ0v) is 18.0. The van der Waals surface area contributed by atoms with Crippen LogP contribution in [0.2, 0.25) is 0 Å². The lowest BCUT2D eigenvalue weighted by atomic mass is 10.1. The van der Waals surface area contributed by atoms with Gasteiger partial charge in [0, 0.05) is 19.3 Å². The molecule has 1 N–H and O–H groups in total. The number of sulfone groups is 2. The van der Waals surface area contributed by atoms with Gasteiger partial charge in [-0.1, -0.05) is 0 Å². The minimum atomic E-state index is -3.84. The summed E-state index contributed by atoms with van der Waals surface area (Å²) in [7, 11) is -7.19. The standard InChI is InChI=1S/C18H19N5O6S2/c1-30(26,27)13-4-2-12(3-5-13)23-16-15(10-21-23)17(20-11-19-16)31(28,29)14-6-8-22(9-7-14)18(24)25/h2-5,10-11,14H,6-9H2,1H3,(H,24,25). The third-order valence-electron chi connectivity index (χ3n) is 5.26. The van der Waals surface area contributed by atoms with E-state index in [-0.39, 0.29) is 46.9 Å². The van der Waals surface area contributed by atoms with Crippen molar-refractivity contribution in [1.29, 1.82) is 0 Å². The number of piperidine rings is 1. The molecule has 11 nitrogen and oxygen atoms in total. The van der Waals surface area contributed by atoms with Gasteiger partial charge in [0.25, 0.3) is 0 Å². The molecule has 1 aromatic carbocycles. The Morgan fingerprint density at radius 2 is 1.71 bits per heavy atom. The van der Waals surface area contributed by atoms with Crippen LogP contribution >= 0.6 is 0 Å². The van der Waals surface area contributed by atoms with Crippen LogP contribution in [0.25, 0.3) is 16.7 Å². The number of hydrogen-bond donors (Lipinski definition) is 1. The van der Waals surface area contributed by atoms with Crippen molar-refractivity contribution in [2.24, 2.45) is 0 Å². The van der Waals surface area contributed by atoms with Gasteiger partial charge in [0.15, 0.2) is 30.3 Å². The fraction of sp³-hybridized carbons (Fsp3) is 0.333. The van der Waals surface area contributed by atoms with Crippen molar-refractivity contribution < 1.29 is 26.7 Å². The fourth-order valence-electron chi connectivity index (χ4n) is 3.59. The van der Waals surface area contributed by atoms with Crippen LogP contribution in [-0.2, 0) is 19.7 Å². The maximum absolute atomic E-state index is 13.2. The van der Waals surface area contributed by atoms with Crippen molar-refractivity contribution in [2.75, 3.05) is 19.3 Å². The van der Waals surface area contributed by atoms with E-state index in [0.717, 1.165) is 12.6 Å². The van der Waals surface area contributed by atoms with Crippen LogP contribution < -0.4 is 0 Å². The van der Waals surface area contributed by atoms with Crippen LogP contribution in [0.1, 0.15) is 12.8 Å². The van der Waals surface area contributed by atoms with Crippen molar-refractivity contribution in [1.82, 2.24) is 24.6 Å². The van der Waals surface area contributed by atoms with Crippen LogP contribution in [0.15, 0.2) is 46.7 Å². The van der Waals surface area contributed by atoms with E-state index in [1.54, 1.807) is 12.1 Å². The van der Waals surface area contributed by atoms with E-state index in [4.69, 9.17) is 5.11 Å². The second-order valence-electron chi connectivity index (χ2n) is 7.25. The minimum absolute atomic E-state index is 0.138. The van der Waals surface area contributed by atoms with Crippen LogP contribution in [0.5, 0.6) is 0 Å². The largest absolute Gasteiger partial charge is 0.465 e. The summed E-state index contributed by atoms with van der Waals surface area (Å²) in [5.74, 6) is 0. The summed E-state index contributed by atoms with van der Waals surface area (Å²) >= 11 is 0.